The van der Waals surface area contributed by atoms with Crippen molar-refractivity contribution in [3.63, 3.8) is 0 Å². The maximum atomic E-state index is 13.3. The van der Waals surface area contributed by atoms with E-state index in [0.717, 1.165) is 24.2 Å². The Morgan fingerprint density at radius 2 is 1.70 bits per heavy atom. The predicted octanol–water partition coefficient (Wildman–Crippen LogP) is 5.49. The zero-order valence-corrected chi connectivity index (χ0v) is 18.5. The number of urea groups is 1. The quantitative estimate of drug-likeness (QED) is 0.517. The average Bonchev–Trinajstić information content (AvgIpc) is 2.84. The minimum absolute atomic E-state index is 0.0462. The number of carbonyl (C=O) groups is 1. The van der Waals surface area contributed by atoms with Gasteiger partial charge in [-0.2, -0.15) is 0 Å². The van der Waals surface area contributed by atoms with Gasteiger partial charge in [-0.15, -0.1) is 0 Å². The van der Waals surface area contributed by atoms with E-state index in [1.54, 1.807) is 24.1 Å². The van der Waals surface area contributed by atoms with E-state index in [1.807, 2.05) is 48.5 Å². The first-order valence-electron chi connectivity index (χ1n) is 10.9. The molecule has 1 N–H and O–H groups in total. The summed E-state index contributed by atoms with van der Waals surface area (Å²) >= 11 is 0. The van der Waals surface area contributed by atoms with Gasteiger partial charge in [-0.3, -0.25) is 0 Å². The van der Waals surface area contributed by atoms with Crippen molar-refractivity contribution in [1.82, 2.24) is 4.90 Å². The molecule has 1 aliphatic heterocycles. The number of halogens is 1. The van der Waals surface area contributed by atoms with Crippen LogP contribution in [-0.4, -0.2) is 37.2 Å². The number of piperidine rings is 1. The summed E-state index contributed by atoms with van der Waals surface area (Å²) in [4.78, 5) is 14.3. The Labute approximate surface area is 192 Å². The lowest BCUT2D eigenvalue weighted by Crippen LogP contribution is -2.43. The lowest BCUT2D eigenvalue weighted by molar-refractivity contribution is 0.115. The minimum atomic E-state index is -0.274. The summed E-state index contributed by atoms with van der Waals surface area (Å²) in [5.74, 6) is 1.87. The summed E-state index contributed by atoms with van der Waals surface area (Å²) in [6.45, 7) is 1.54. The highest BCUT2D eigenvalue weighted by Gasteiger charge is 2.24. The molecule has 1 aliphatic rings. The van der Waals surface area contributed by atoms with Crippen LogP contribution in [0.4, 0.5) is 14.9 Å². The highest BCUT2D eigenvalue weighted by Crippen LogP contribution is 2.23. The maximum Gasteiger partial charge on any atom is 0.321 e. The van der Waals surface area contributed by atoms with Gasteiger partial charge in [-0.1, -0.05) is 18.2 Å². The Balaban J connectivity index is 1.22. The highest BCUT2D eigenvalue weighted by atomic mass is 19.1. The second-order valence-corrected chi connectivity index (χ2v) is 7.86. The molecule has 0 saturated carbocycles. The van der Waals surface area contributed by atoms with Crippen LogP contribution in [0.1, 0.15) is 18.4 Å². The topological polar surface area (TPSA) is 60.0 Å². The van der Waals surface area contributed by atoms with Crippen LogP contribution < -0.4 is 19.5 Å². The molecular weight excluding hydrogens is 423 g/mol. The van der Waals surface area contributed by atoms with E-state index >= 15 is 0 Å². The van der Waals surface area contributed by atoms with Gasteiger partial charge >= 0.3 is 6.03 Å². The molecule has 4 rings (SSSR count). The van der Waals surface area contributed by atoms with Crippen LogP contribution in [0.15, 0.2) is 72.8 Å². The van der Waals surface area contributed by atoms with Crippen molar-refractivity contribution in [3.8, 4) is 17.2 Å². The Bertz CT molecular complexity index is 1070. The van der Waals surface area contributed by atoms with E-state index in [0.29, 0.717) is 36.9 Å². The molecule has 1 fully saturated rings. The second kappa shape index (κ2) is 10.7. The summed E-state index contributed by atoms with van der Waals surface area (Å²) in [6, 6.07) is 20.9. The highest BCUT2D eigenvalue weighted by molar-refractivity contribution is 5.89. The molecule has 0 unspecified atom stereocenters. The third-order valence-corrected chi connectivity index (χ3v) is 5.47. The van der Waals surface area contributed by atoms with Crippen molar-refractivity contribution in [3.05, 3.63) is 84.2 Å². The molecule has 6 nitrogen and oxygen atoms in total. The van der Waals surface area contributed by atoms with Gasteiger partial charge in [0.1, 0.15) is 35.8 Å². The van der Waals surface area contributed by atoms with Gasteiger partial charge in [0.2, 0.25) is 0 Å². The zero-order chi connectivity index (χ0) is 23.0. The van der Waals surface area contributed by atoms with Crippen molar-refractivity contribution < 1.29 is 23.4 Å². The van der Waals surface area contributed by atoms with Gasteiger partial charge in [0.15, 0.2) is 0 Å². The number of likely N-dealkylation sites (tertiary alicyclic amines) is 1. The maximum absolute atomic E-state index is 13.3. The van der Waals surface area contributed by atoms with E-state index in [9.17, 15) is 9.18 Å². The van der Waals surface area contributed by atoms with E-state index in [1.165, 1.54) is 12.1 Å². The molecule has 0 radical (unpaired) electrons. The summed E-state index contributed by atoms with van der Waals surface area (Å²) in [6.07, 6.45) is 1.55. The van der Waals surface area contributed by atoms with Gasteiger partial charge in [-0.05, 0) is 54.1 Å². The first-order valence-corrected chi connectivity index (χ1v) is 10.9. The molecule has 3 aromatic rings. The number of ether oxygens (including phenoxy) is 3. The third-order valence-electron chi connectivity index (χ3n) is 5.47. The number of carbonyl (C=O) groups excluding carboxylic acids is 1. The van der Waals surface area contributed by atoms with Crippen LogP contribution in [0, 0.1) is 5.82 Å². The zero-order valence-electron chi connectivity index (χ0n) is 18.5. The van der Waals surface area contributed by atoms with Crippen LogP contribution in [0.25, 0.3) is 0 Å². The molecule has 0 bridgehead atoms. The number of benzene rings is 3. The summed E-state index contributed by atoms with van der Waals surface area (Å²) in [5.41, 5.74) is 1.48. The standard InChI is InChI=1S/C26H27FN2O4/c1-31-25-7-3-6-21(17-25)28-26(30)29-14-12-24(13-15-29)33-23-10-8-22(9-11-23)32-18-19-4-2-5-20(27)16-19/h2-11,16-17,24H,12-15,18H2,1H3,(H,28,30). The van der Waals surface area contributed by atoms with E-state index in [2.05, 4.69) is 5.32 Å². The number of nitrogens with zero attached hydrogens (tertiary/aromatic N) is 1. The third kappa shape index (κ3) is 6.38. The first kappa shape index (κ1) is 22.5. The Kier molecular flexibility index (Phi) is 7.29. The number of anilines is 1. The summed E-state index contributed by atoms with van der Waals surface area (Å²) in [7, 11) is 1.60. The molecule has 1 saturated heterocycles. The van der Waals surface area contributed by atoms with Gasteiger partial charge in [-0.25, -0.2) is 9.18 Å². The normalized spacial score (nSPS) is 13.9. The SMILES string of the molecule is COc1cccc(NC(=O)N2CCC(Oc3ccc(OCc4cccc(F)c4)cc3)CC2)c1. The number of amides is 2. The van der Waals surface area contributed by atoms with Crippen LogP contribution in [0.2, 0.25) is 0 Å². The fourth-order valence-corrected chi connectivity index (χ4v) is 3.68. The molecule has 3 aromatic carbocycles. The average molecular weight is 451 g/mol. The minimum Gasteiger partial charge on any atom is -0.497 e. The molecule has 0 aliphatic carbocycles. The van der Waals surface area contributed by atoms with Crippen molar-refractivity contribution in [1.29, 1.82) is 0 Å². The van der Waals surface area contributed by atoms with Gasteiger partial charge < -0.3 is 24.4 Å². The van der Waals surface area contributed by atoms with E-state index in [4.69, 9.17) is 14.2 Å². The number of methoxy groups -OCH3 is 1. The van der Waals surface area contributed by atoms with Gasteiger partial charge in [0.25, 0.3) is 0 Å². The van der Waals surface area contributed by atoms with Crippen LogP contribution in [-0.2, 0) is 6.61 Å². The molecule has 0 atom stereocenters. The van der Waals surface area contributed by atoms with Gasteiger partial charge in [0, 0.05) is 37.7 Å². The Morgan fingerprint density at radius 1 is 0.970 bits per heavy atom. The molecule has 172 valence electrons. The Hall–Kier alpha value is -3.74. The van der Waals surface area contributed by atoms with Crippen LogP contribution in [0.3, 0.4) is 0 Å². The summed E-state index contributed by atoms with van der Waals surface area (Å²) < 4.78 is 30.3. The largest absolute Gasteiger partial charge is 0.497 e. The Morgan fingerprint density at radius 3 is 2.42 bits per heavy atom. The number of hydrogen-bond donors (Lipinski definition) is 1. The molecule has 2 amide bonds. The van der Waals surface area contributed by atoms with Crippen LogP contribution >= 0.6 is 0 Å². The fourth-order valence-electron chi connectivity index (χ4n) is 3.68. The van der Waals surface area contributed by atoms with Crippen LogP contribution in [0.5, 0.6) is 17.2 Å². The molecule has 1 heterocycles. The number of hydrogen-bond acceptors (Lipinski definition) is 4. The number of nitrogens with one attached hydrogen (secondary N) is 1. The van der Waals surface area contributed by atoms with Crippen molar-refractivity contribution in [2.24, 2.45) is 0 Å². The predicted molar refractivity (Wildman–Crippen MR) is 124 cm³/mol. The lowest BCUT2D eigenvalue weighted by atomic mass is 10.1. The van der Waals surface area contributed by atoms with Crippen molar-refractivity contribution >= 4 is 11.7 Å². The molecule has 0 spiro atoms. The molecule has 0 aromatic heterocycles. The lowest BCUT2D eigenvalue weighted by Gasteiger charge is -2.32. The van der Waals surface area contributed by atoms with Gasteiger partial charge in [0.05, 0.1) is 7.11 Å². The first-order chi connectivity index (χ1) is 16.1. The molecule has 33 heavy (non-hydrogen) atoms. The smallest absolute Gasteiger partial charge is 0.321 e. The van der Waals surface area contributed by atoms with Crippen molar-refractivity contribution in [2.75, 3.05) is 25.5 Å². The molecular formula is C26H27FN2O4. The van der Waals surface area contributed by atoms with E-state index < -0.39 is 0 Å². The van der Waals surface area contributed by atoms with Crippen molar-refractivity contribution in [2.45, 2.75) is 25.6 Å². The monoisotopic (exact) mass is 450 g/mol. The summed E-state index contributed by atoms with van der Waals surface area (Å²) in [5, 5.41) is 2.92. The fraction of sp³-hybridized carbons (Fsp3) is 0.269. The number of rotatable bonds is 7. The molecule has 7 heteroatoms. The second-order valence-electron chi connectivity index (χ2n) is 7.86. The van der Waals surface area contributed by atoms with E-state index in [-0.39, 0.29) is 18.0 Å².